The normalized spacial score (nSPS) is 16.7. The molecule has 1 fully saturated rings. The minimum absolute atomic E-state index is 0.0557. The van der Waals surface area contributed by atoms with Gasteiger partial charge in [-0.15, -0.1) is 13.2 Å². The monoisotopic (exact) mass is 433 g/mol. The van der Waals surface area contributed by atoms with Crippen LogP contribution in [0.25, 0.3) is 16.9 Å². The molecule has 4 rings (SSSR count). The molecule has 0 unspecified atom stereocenters. The highest BCUT2D eigenvalue weighted by Gasteiger charge is 2.31. The number of alkyl halides is 3. The Morgan fingerprint density at radius 2 is 1.94 bits per heavy atom. The Kier molecular flexibility index (Phi) is 5.24. The molecule has 10 heteroatoms. The molecule has 1 N–H and O–H groups in total. The first-order valence-electron chi connectivity index (χ1n) is 9.86. The molecule has 2 aromatic heterocycles. The number of carbonyl (C=O) groups excluding carboxylic acids is 1. The molecule has 1 saturated heterocycles. The molecular weight excluding hydrogens is 411 g/mol. The zero-order valence-electron chi connectivity index (χ0n) is 17.3. The molecule has 1 atom stereocenters. The lowest BCUT2D eigenvalue weighted by molar-refractivity contribution is -0.274. The highest BCUT2D eigenvalue weighted by Crippen LogP contribution is 2.32. The number of amides is 1. The molecule has 31 heavy (non-hydrogen) atoms. The van der Waals surface area contributed by atoms with Crippen LogP contribution in [0.3, 0.4) is 0 Å². The van der Waals surface area contributed by atoms with Crippen molar-refractivity contribution in [2.75, 3.05) is 18.0 Å². The molecule has 1 aliphatic rings. The summed E-state index contributed by atoms with van der Waals surface area (Å²) in [6.07, 6.45) is -3.90. The van der Waals surface area contributed by atoms with Crippen LogP contribution < -0.4 is 15.0 Å². The third-order valence-electron chi connectivity index (χ3n) is 5.16. The topological polar surface area (TPSA) is 71.8 Å². The number of ether oxygens (including phenoxy) is 1. The second-order valence-corrected chi connectivity index (χ2v) is 7.66. The van der Waals surface area contributed by atoms with Gasteiger partial charge >= 0.3 is 6.36 Å². The average Bonchev–Trinajstić information content (AvgIpc) is 3.24. The first-order chi connectivity index (χ1) is 14.6. The lowest BCUT2D eigenvalue weighted by Crippen LogP contribution is -2.35. The average molecular weight is 433 g/mol. The van der Waals surface area contributed by atoms with E-state index in [-0.39, 0.29) is 17.7 Å². The second kappa shape index (κ2) is 7.75. The van der Waals surface area contributed by atoms with Crippen molar-refractivity contribution in [3.63, 3.8) is 0 Å². The maximum atomic E-state index is 12.4. The largest absolute Gasteiger partial charge is 0.573 e. The molecule has 7 nitrogen and oxygen atoms in total. The molecule has 0 radical (unpaired) electrons. The van der Waals surface area contributed by atoms with Gasteiger partial charge < -0.3 is 15.0 Å². The highest BCUT2D eigenvalue weighted by atomic mass is 19.4. The van der Waals surface area contributed by atoms with Gasteiger partial charge in [-0.1, -0.05) is 0 Å². The van der Waals surface area contributed by atoms with Crippen molar-refractivity contribution in [1.29, 1.82) is 0 Å². The molecule has 0 bridgehead atoms. The van der Waals surface area contributed by atoms with Gasteiger partial charge in [-0.3, -0.25) is 4.79 Å². The van der Waals surface area contributed by atoms with Gasteiger partial charge in [0.1, 0.15) is 5.75 Å². The Morgan fingerprint density at radius 3 is 2.58 bits per heavy atom. The van der Waals surface area contributed by atoms with Crippen molar-refractivity contribution in [1.82, 2.24) is 19.9 Å². The van der Waals surface area contributed by atoms with E-state index in [0.717, 1.165) is 24.3 Å². The van der Waals surface area contributed by atoms with Crippen molar-refractivity contribution in [2.45, 2.75) is 39.6 Å². The van der Waals surface area contributed by atoms with Crippen LogP contribution in [0.4, 0.5) is 18.9 Å². The summed E-state index contributed by atoms with van der Waals surface area (Å²) < 4.78 is 43.0. The molecule has 3 heterocycles. The molecule has 0 spiro atoms. The second-order valence-electron chi connectivity index (χ2n) is 7.66. The number of rotatable bonds is 4. The first kappa shape index (κ1) is 21.0. The number of anilines is 1. The SMILES string of the molecule is CC(=O)N[C@@H]1CCN(c2cc(C)nn3c(-c4ccc(OC(F)(F)F)cc4)c(C)nc23)C1. The van der Waals surface area contributed by atoms with Gasteiger partial charge in [0.05, 0.1) is 22.8 Å². The number of nitrogens with one attached hydrogen (secondary N) is 1. The fourth-order valence-electron chi connectivity index (χ4n) is 3.99. The molecule has 1 amide bonds. The summed E-state index contributed by atoms with van der Waals surface area (Å²) in [5.41, 5.74) is 4.45. The van der Waals surface area contributed by atoms with E-state index in [2.05, 4.69) is 20.1 Å². The van der Waals surface area contributed by atoms with Crippen LogP contribution in [0.1, 0.15) is 24.7 Å². The van der Waals surface area contributed by atoms with Crippen LogP contribution >= 0.6 is 0 Å². The Labute approximate surface area is 176 Å². The zero-order chi connectivity index (χ0) is 22.3. The van der Waals surface area contributed by atoms with Gasteiger partial charge in [0.15, 0.2) is 5.65 Å². The number of hydrogen-bond acceptors (Lipinski definition) is 5. The van der Waals surface area contributed by atoms with E-state index >= 15 is 0 Å². The number of benzene rings is 1. The quantitative estimate of drug-likeness (QED) is 0.681. The number of carbonyl (C=O) groups is 1. The maximum Gasteiger partial charge on any atom is 0.573 e. The minimum Gasteiger partial charge on any atom is -0.406 e. The summed E-state index contributed by atoms with van der Waals surface area (Å²) in [5.74, 6) is -0.339. The third-order valence-corrected chi connectivity index (χ3v) is 5.16. The number of imidazole rings is 1. The van der Waals surface area contributed by atoms with Gasteiger partial charge in [0, 0.05) is 31.6 Å². The Hall–Kier alpha value is -3.30. The molecule has 164 valence electrons. The van der Waals surface area contributed by atoms with Crippen LogP contribution in [0.15, 0.2) is 30.3 Å². The number of fused-ring (bicyclic) bond motifs is 1. The van der Waals surface area contributed by atoms with E-state index in [1.54, 1.807) is 16.6 Å². The van der Waals surface area contributed by atoms with Crippen LogP contribution in [-0.2, 0) is 4.79 Å². The number of aromatic nitrogens is 3. The van der Waals surface area contributed by atoms with Gasteiger partial charge in [-0.05, 0) is 50.6 Å². The van der Waals surface area contributed by atoms with E-state index in [0.29, 0.717) is 29.1 Å². The van der Waals surface area contributed by atoms with E-state index in [9.17, 15) is 18.0 Å². The summed E-state index contributed by atoms with van der Waals surface area (Å²) in [5, 5.41) is 7.55. The van der Waals surface area contributed by atoms with Gasteiger partial charge in [-0.25, -0.2) is 9.50 Å². The van der Waals surface area contributed by atoms with Gasteiger partial charge in [0.2, 0.25) is 5.91 Å². The molecule has 1 aromatic carbocycles. The molecule has 0 saturated carbocycles. The fourth-order valence-corrected chi connectivity index (χ4v) is 3.99. The third kappa shape index (κ3) is 4.42. The van der Waals surface area contributed by atoms with E-state index < -0.39 is 6.36 Å². The molecular formula is C21H22F3N5O2. The van der Waals surface area contributed by atoms with Crippen molar-refractivity contribution in [3.8, 4) is 17.0 Å². The summed E-state index contributed by atoms with van der Waals surface area (Å²) in [4.78, 5) is 18.3. The van der Waals surface area contributed by atoms with Crippen molar-refractivity contribution < 1.29 is 22.7 Å². The highest BCUT2D eigenvalue weighted by molar-refractivity contribution is 5.77. The number of aryl methyl sites for hydroxylation is 2. The summed E-state index contributed by atoms with van der Waals surface area (Å²) in [6, 6.07) is 7.70. The summed E-state index contributed by atoms with van der Waals surface area (Å²) >= 11 is 0. The van der Waals surface area contributed by atoms with Crippen molar-refractivity contribution in [3.05, 3.63) is 41.7 Å². The Bertz CT molecular complexity index is 1120. The standard InChI is InChI=1S/C21H22F3N5O2/c1-12-10-18(28-9-8-16(11-28)26-14(3)30)20-25-13(2)19(29(20)27-12)15-4-6-17(7-5-15)31-21(22,23)24/h4-7,10,16H,8-9,11H2,1-3H3,(H,26,30)/t16-/m1/s1. The molecule has 1 aliphatic heterocycles. The van der Waals surface area contributed by atoms with Crippen LogP contribution in [0, 0.1) is 13.8 Å². The maximum absolute atomic E-state index is 12.4. The predicted molar refractivity (Wildman–Crippen MR) is 109 cm³/mol. The minimum atomic E-state index is -4.74. The Morgan fingerprint density at radius 1 is 1.23 bits per heavy atom. The van der Waals surface area contributed by atoms with E-state index in [1.165, 1.54) is 19.1 Å². The number of nitrogens with zero attached hydrogens (tertiary/aromatic N) is 4. The lowest BCUT2D eigenvalue weighted by Gasteiger charge is -2.20. The van der Waals surface area contributed by atoms with Gasteiger partial charge in [0.25, 0.3) is 0 Å². The summed E-state index contributed by atoms with van der Waals surface area (Å²) in [6.45, 7) is 6.67. The lowest BCUT2D eigenvalue weighted by atomic mass is 10.1. The molecule has 0 aliphatic carbocycles. The fraction of sp³-hybridized carbons (Fsp3) is 0.381. The van der Waals surface area contributed by atoms with Crippen LogP contribution in [-0.4, -0.2) is 46.0 Å². The van der Waals surface area contributed by atoms with Crippen molar-refractivity contribution >= 4 is 17.2 Å². The number of hydrogen-bond donors (Lipinski definition) is 1. The van der Waals surface area contributed by atoms with E-state index in [4.69, 9.17) is 4.98 Å². The first-order valence-corrected chi connectivity index (χ1v) is 9.86. The van der Waals surface area contributed by atoms with Crippen LogP contribution in [0.2, 0.25) is 0 Å². The summed E-state index contributed by atoms with van der Waals surface area (Å²) in [7, 11) is 0. The van der Waals surface area contributed by atoms with Gasteiger partial charge in [-0.2, -0.15) is 5.10 Å². The zero-order valence-corrected chi connectivity index (χ0v) is 17.3. The van der Waals surface area contributed by atoms with Crippen LogP contribution in [0.5, 0.6) is 5.75 Å². The molecule has 3 aromatic rings. The Balaban J connectivity index is 1.71. The van der Waals surface area contributed by atoms with Crippen molar-refractivity contribution in [2.24, 2.45) is 0 Å². The number of halogens is 3. The smallest absolute Gasteiger partial charge is 0.406 e. The predicted octanol–water partition coefficient (Wildman–Crippen LogP) is 3.63. The van der Waals surface area contributed by atoms with E-state index in [1.807, 2.05) is 19.9 Å².